The second kappa shape index (κ2) is 11.2. The number of hydrogen-bond acceptors (Lipinski definition) is 7. The Hall–Kier alpha value is -3.53. The first kappa shape index (κ1) is 26.5. The molecule has 0 radical (unpaired) electrons. The Morgan fingerprint density at radius 2 is 1.92 bits per heavy atom. The Bertz CT molecular complexity index is 1240. The zero-order chi connectivity index (χ0) is 26.7. The number of likely N-dealkylation sites (tertiary alicyclic amines) is 1. The highest BCUT2D eigenvalue weighted by Crippen LogP contribution is 2.31. The van der Waals surface area contributed by atoms with E-state index >= 15 is 0 Å². The standard InChI is InChI=1S/C27H37N7O3/c1-15(2)31-24-21(11-28)20(25(35)30-14-22-16(3)9-17(4)32-26(22)36)10-23(33-24)18-5-7-34(8-6-18)27(37)19-12-29-13-19/h9-11,15,18-19,28-29H,5-8,12-14H2,1-4H3,(H,30,35)(H,31,33)(H,32,36). The van der Waals surface area contributed by atoms with Crippen LogP contribution in [-0.4, -0.2) is 65.1 Å². The lowest BCUT2D eigenvalue weighted by Crippen LogP contribution is -2.53. The molecule has 37 heavy (non-hydrogen) atoms. The second-order valence-corrected chi connectivity index (χ2v) is 10.4. The minimum atomic E-state index is -0.363. The monoisotopic (exact) mass is 507 g/mol. The van der Waals surface area contributed by atoms with Gasteiger partial charge in [0.2, 0.25) is 5.91 Å². The number of aromatic nitrogens is 2. The molecule has 2 aliphatic heterocycles. The summed E-state index contributed by atoms with van der Waals surface area (Å²) in [7, 11) is 0. The molecule has 10 heteroatoms. The lowest BCUT2D eigenvalue weighted by atomic mass is 9.90. The number of aryl methyl sites for hydroxylation is 2. The topological polar surface area (TPSA) is 143 Å². The minimum Gasteiger partial charge on any atom is -0.367 e. The number of hydrogen-bond donors (Lipinski definition) is 5. The van der Waals surface area contributed by atoms with Gasteiger partial charge in [-0.2, -0.15) is 0 Å². The van der Waals surface area contributed by atoms with Crippen LogP contribution < -0.4 is 21.5 Å². The molecule has 2 amide bonds. The van der Waals surface area contributed by atoms with E-state index in [0.29, 0.717) is 35.6 Å². The van der Waals surface area contributed by atoms with Crippen molar-refractivity contribution in [3.8, 4) is 0 Å². The van der Waals surface area contributed by atoms with Crippen LogP contribution in [0.25, 0.3) is 0 Å². The molecule has 0 spiro atoms. The number of amides is 2. The lowest BCUT2D eigenvalue weighted by Gasteiger charge is -2.37. The zero-order valence-corrected chi connectivity index (χ0v) is 22.0. The van der Waals surface area contributed by atoms with Crippen molar-refractivity contribution in [2.24, 2.45) is 5.92 Å². The van der Waals surface area contributed by atoms with Gasteiger partial charge < -0.3 is 31.2 Å². The number of aromatic amines is 1. The molecule has 5 N–H and O–H groups in total. The highest BCUT2D eigenvalue weighted by atomic mass is 16.2. The molecule has 0 bridgehead atoms. The van der Waals surface area contributed by atoms with Crippen LogP contribution in [0.2, 0.25) is 0 Å². The van der Waals surface area contributed by atoms with Crippen LogP contribution in [0.15, 0.2) is 16.9 Å². The number of pyridine rings is 2. The van der Waals surface area contributed by atoms with Gasteiger partial charge in [-0.15, -0.1) is 0 Å². The van der Waals surface area contributed by atoms with E-state index in [4.69, 9.17) is 10.4 Å². The summed E-state index contributed by atoms with van der Waals surface area (Å²) in [6.07, 6.45) is 2.68. The normalized spacial score (nSPS) is 16.4. The Balaban J connectivity index is 1.57. The highest BCUT2D eigenvalue weighted by Gasteiger charge is 2.32. The van der Waals surface area contributed by atoms with Gasteiger partial charge in [-0.1, -0.05) is 0 Å². The van der Waals surface area contributed by atoms with Crippen LogP contribution >= 0.6 is 0 Å². The first-order valence-corrected chi connectivity index (χ1v) is 13.0. The average Bonchev–Trinajstić information content (AvgIpc) is 2.81. The molecule has 4 heterocycles. The summed E-state index contributed by atoms with van der Waals surface area (Å²) in [4.78, 5) is 48.0. The number of carbonyl (C=O) groups is 2. The van der Waals surface area contributed by atoms with Crippen LogP contribution in [-0.2, 0) is 11.3 Å². The maximum Gasteiger partial charge on any atom is 0.253 e. The number of nitrogens with zero attached hydrogens (tertiary/aromatic N) is 2. The molecule has 2 aliphatic rings. The second-order valence-electron chi connectivity index (χ2n) is 10.4. The molecule has 4 rings (SSSR count). The van der Waals surface area contributed by atoms with Crippen molar-refractivity contribution in [3.05, 3.63) is 56.1 Å². The van der Waals surface area contributed by atoms with E-state index in [1.54, 1.807) is 6.07 Å². The molecular weight excluding hydrogens is 470 g/mol. The number of carbonyl (C=O) groups excluding carboxylic acids is 2. The molecule has 2 fully saturated rings. The van der Waals surface area contributed by atoms with Crippen molar-refractivity contribution < 1.29 is 9.59 Å². The zero-order valence-electron chi connectivity index (χ0n) is 22.0. The number of piperidine rings is 1. The summed E-state index contributed by atoms with van der Waals surface area (Å²) in [5.74, 6) is 0.537. The van der Waals surface area contributed by atoms with Crippen molar-refractivity contribution in [1.29, 1.82) is 5.41 Å². The Kier molecular flexibility index (Phi) is 8.06. The van der Waals surface area contributed by atoms with Crippen LogP contribution in [0.3, 0.4) is 0 Å². The van der Waals surface area contributed by atoms with Gasteiger partial charge in [-0.25, -0.2) is 4.98 Å². The van der Waals surface area contributed by atoms with Crippen molar-refractivity contribution in [3.63, 3.8) is 0 Å². The van der Waals surface area contributed by atoms with Gasteiger partial charge in [0, 0.05) is 73.4 Å². The first-order valence-electron chi connectivity index (χ1n) is 13.0. The van der Waals surface area contributed by atoms with Crippen molar-refractivity contribution in [2.45, 2.75) is 59.0 Å². The number of anilines is 1. The molecule has 0 saturated carbocycles. The van der Waals surface area contributed by atoms with Gasteiger partial charge in [0.25, 0.3) is 11.5 Å². The minimum absolute atomic E-state index is 0.0571. The molecular formula is C27H37N7O3. The molecule has 2 aromatic heterocycles. The van der Waals surface area contributed by atoms with E-state index in [1.165, 1.54) is 0 Å². The fourth-order valence-corrected chi connectivity index (χ4v) is 4.98. The predicted octanol–water partition coefficient (Wildman–Crippen LogP) is 2.06. The third-order valence-electron chi connectivity index (χ3n) is 7.17. The highest BCUT2D eigenvalue weighted by molar-refractivity contribution is 6.04. The molecule has 0 aliphatic carbocycles. The van der Waals surface area contributed by atoms with Crippen molar-refractivity contribution in [2.75, 3.05) is 31.5 Å². The van der Waals surface area contributed by atoms with Crippen LogP contribution in [0.4, 0.5) is 5.82 Å². The smallest absolute Gasteiger partial charge is 0.253 e. The average molecular weight is 508 g/mol. The van der Waals surface area contributed by atoms with Gasteiger partial charge in [-0.05, 0) is 58.2 Å². The van der Waals surface area contributed by atoms with Crippen molar-refractivity contribution >= 4 is 23.8 Å². The van der Waals surface area contributed by atoms with E-state index in [9.17, 15) is 14.4 Å². The molecule has 0 aromatic carbocycles. The Labute approximate surface area is 217 Å². The number of nitrogens with one attached hydrogen (secondary N) is 5. The molecule has 0 atom stereocenters. The summed E-state index contributed by atoms with van der Waals surface area (Å²) in [6, 6.07) is 3.70. The maximum absolute atomic E-state index is 13.4. The molecule has 198 valence electrons. The lowest BCUT2D eigenvalue weighted by molar-refractivity contribution is -0.138. The Morgan fingerprint density at radius 3 is 2.49 bits per heavy atom. The van der Waals surface area contributed by atoms with Gasteiger partial charge in [0.15, 0.2) is 0 Å². The fourth-order valence-electron chi connectivity index (χ4n) is 4.98. The van der Waals surface area contributed by atoms with E-state index in [2.05, 4.69) is 20.9 Å². The van der Waals surface area contributed by atoms with Gasteiger partial charge >= 0.3 is 0 Å². The van der Waals surface area contributed by atoms with Crippen LogP contribution in [0.5, 0.6) is 0 Å². The van der Waals surface area contributed by atoms with Gasteiger partial charge in [0.1, 0.15) is 5.82 Å². The summed E-state index contributed by atoms with van der Waals surface area (Å²) in [5, 5.41) is 17.3. The molecule has 10 nitrogen and oxygen atoms in total. The van der Waals surface area contributed by atoms with Crippen LogP contribution in [0, 0.1) is 25.2 Å². The number of H-pyrrole nitrogens is 1. The summed E-state index contributed by atoms with van der Waals surface area (Å²) in [6.45, 7) is 10.5. The van der Waals surface area contributed by atoms with E-state index in [0.717, 1.165) is 49.1 Å². The number of rotatable bonds is 8. The Morgan fingerprint density at radius 1 is 1.22 bits per heavy atom. The predicted molar refractivity (Wildman–Crippen MR) is 144 cm³/mol. The van der Waals surface area contributed by atoms with Crippen LogP contribution in [0.1, 0.15) is 71.0 Å². The molecule has 2 aromatic rings. The van der Waals surface area contributed by atoms with Gasteiger partial charge in [0.05, 0.1) is 11.5 Å². The van der Waals surface area contributed by atoms with Gasteiger partial charge in [-0.3, -0.25) is 14.4 Å². The summed E-state index contributed by atoms with van der Waals surface area (Å²) < 4.78 is 0. The van der Waals surface area contributed by atoms with E-state index < -0.39 is 0 Å². The van der Waals surface area contributed by atoms with Crippen molar-refractivity contribution in [1.82, 2.24) is 25.5 Å². The summed E-state index contributed by atoms with van der Waals surface area (Å²) >= 11 is 0. The molecule has 0 unspecified atom stereocenters. The maximum atomic E-state index is 13.4. The SMILES string of the molecule is Cc1cc(C)c(CNC(=O)c2cc(C3CCN(C(=O)C4CNC4)CC3)nc(NC(C)C)c2C=N)c(=O)[nH]1. The largest absolute Gasteiger partial charge is 0.367 e. The third-order valence-corrected chi connectivity index (χ3v) is 7.17. The fraction of sp³-hybridized carbons (Fsp3) is 0.519. The third kappa shape index (κ3) is 5.90. The molecule has 2 saturated heterocycles. The van der Waals surface area contributed by atoms with E-state index in [-0.39, 0.29) is 41.8 Å². The quantitative estimate of drug-likeness (QED) is 0.346. The van der Waals surface area contributed by atoms with E-state index in [1.807, 2.05) is 38.7 Å². The summed E-state index contributed by atoms with van der Waals surface area (Å²) in [5.41, 5.74) is 3.40. The first-order chi connectivity index (χ1) is 17.7.